The first-order valence-corrected chi connectivity index (χ1v) is 8.29. The molecule has 2 aromatic carbocycles. The van der Waals surface area contributed by atoms with Crippen molar-refractivity contribution in [2.45, 2.75) is 25.4 Å². The summed E-state index contributed by atoms with van der Waals surface area (Å²) in [5.74, 6) is 1.71. The molecule has 2 atom stereocenters. The normalized spacial score (nSPS) is 19.4. The maximum absolute atomic E-state index is 5.55. The minimum atomic E-state index is 0.157. The monoisotopic (exact) mass is 320 g/mol. The van der Waals surface area contributed by atoms with E-state index in [9.17, 15) is 0 Å². The summed E-state index contributed by atoms with van der Waals surface area (Å²) in [6.45, 7) is 2.67. The zero-order valence-electron chi connectivity index (χ0n) is 13.6. The molecule has 0 unspecified atom stereocenters. The van der Waals surface area contributed by atoms with Crippen molar-refractivity contribution < 1.29 is 4.74 Å². The van der Waals surface area contributed by atoms with Gasteiger partial charge in [0.1, 0.15) is 12.1 Å². The third-order valence-corrected chi connectivity index (χ3v) is 4.41. The Hall–Kier alpha value is -2.82. The summed E-state index contributed by atoms with van der Waals surface area (Å²) >= 11 is 0. The number of anilines is 1. The minimum Gasteiger partial charge on any atom is -0.494 e. The Balaban J connectivity index is 1.66. The molecule has 4 rings (SSSR count). The molecule has 0 bridgehead atoms. The summed E-state index contributed by atoms with van der Waals surface area (Å²) in [6, 6.07) is 19.2. The lowest BCUT2D eigenvalue weighted by atomic mass is 9.93. The van der Waals surface area contributed by atoms with Gasteiger partial charge < -0.3 is 10.1 Å². The van der Waals surface area contributed by atoms with E-state index >= 15 is 0 Å². The SMILES string of the molecule is CCOc1ccc([C@H]2C[C@H](c3ccccc3)Nc3ncnn32)cc1. The van der Waals surface area contributed by atoms with Crippen molar-refractivity contribution in [1.82, 2.24) is 14.8 Å². The van der Waals surface area contributed by atoms with Crippen molar-refractivity contribution in [3.63, 3.8) is 0 Å². The quantitative estimate of drug-likeness (QED) is 0.794. The Kier molecular flexibility index (Phi) is 3.91. The highest BCUT2D eigenvalue weighted by Crippen LogP contribution is 2.37. The number of fused-ring (bicyclic) bond motifs is 1. The Labute approximate surface area is 141 Å². The number of ether oxygens (including phenoxy) is 1. The van der Waals surface area contributed by atoms with Gasteiger partial charge in [0, 0.05) is 0 Å². The standard InChI is InChI=1S/C19H20N4O/c1-2-24-16-10-8-15(9-11-16)18-12-17(14-6-4-3-5-7-14)22-19-20-13-21-23(18)19/h3-11,13,17-18H,2,12H2,1H3,(H,20,21,22)/t17-,18-/m1/s1. The molecule has 5 heteroatoms. The second-order valence-corrected chi connectivity index (χ2v) is 5.89. The first kappa shape index (κ1) is 14.8. The molecule has 0 saturated heterocycles. The maximum atomic E-state index is 5.55. The van der Waals surface area contributed by atoms with Crippen LogP contribution in [0.5, 0.6) is 5.75 Å². The number of nitrogens with zero attached hydrogens (tertiary/aromatic N) is 3. The second kappa shape index (κ2) is 6.35. The van der Waals surface area contributed by atoms with Crippen LogP contribution in [0, 0.1) is 0 Å². The van der Waals surface area contributed by atoms with Gasteiger partial charge in [-0.25, -0.2) is 4.68 Å². The van der Waals surface area contributed by atoms with Crippen LogP contribution in [0.3, 0.4) is 0 Å². The third kappa shape index (κ3) is 2.73. The smallest absolute Gasteiger partial charge is 0.222 e. The molecule has 24 heavy (non-hydrogen) atoms. The number of aromatic nitrogens is 3. The van der Waals surface area contributed by atoms with Gasteiger partial charge in [-0.05, 0) is 36.6 Å². The summed E-state index contributed by atoms with van der Waals surface area (Å²) < 4.78 is 7.51. The van der Waals surface area contributed by atoms with Gasteiger partial charge in [-0.2, -0.15) is 10.1 Å². The van der Waals surface area contributed by atoms with Crippen molar-refractivity contribution >= 4 is 5.95 Å². The number of hydrogen-bond acceptors (Lipinski definition) is 4. The Morgan fingerprint density at radius 2 is 1.88 bits per heavy atom. The molecule has 0 aliphatic carbocycles. The van der Waals surface area contributed by atoms with Crippen molar-refractivity contribution in [3.05, 3.63) is 72.1 Å². The summed E-state index contributed by atoms with van der Waals surface area (Å²) in [6.07, 6.45) is 2.53. The van der Waals surface area contributed by atoms with Crippen LogP contribution in [0.4, 0.5) is 5.95 Å². The molecule has 0 saturated carbocycles. The van der Waals surface area contributed by atoms with Gasteiger partial charge >= 0.3 is 0 Å². The predicted molar refractivity (Wildman–Crippen MR) is 93.2 cm³/mol. The fraction of sp³-hybridized carbons (Fsp3) is 0.263. The highest BCUT2D eigenvalue weighted by molar-refractivity contribution is 5.39. The van der Waals surface area contributed by atoms with Gasteiger partial charge in [-0.15, -0.1) is 0 Å². The van der Waals surface area contributed by atoms with Gasteiger partial charge in [0.2, 0.25) is 5.95 Å². The summed E-state index contributed by atoms with van der Waals surface area (Å²) in [7, 11) is 0. The lowest BCUT2D eigenvalue weighted by Crippen LogP contribution is -2.28. The molecule has 3 aromatic rings. The van der Waals surface area contributed by atoms with Crippen LogP contribution in [-0.2, 0) is 0 Å². The molecular formula is C19H20N4O. The van der Waals surface area contributed by atoms with Crippen molar-refractivity contribution in [3.8, 4) is 5.75 Å². The topological polar surface area (TPSA) is 52.0 Å². The predicted octanol–water partition coefficient (Wildman–Crippen LogP) is 3.82. The van der Waals surface area contributed by atoms with Gasteiger partial charge in [0.15, 0.2) is 0 Å². The van der Waals surface area contributed by atoms with Crippen LogP contribution in [0.1, 0.15) is 36.6 Å². The molecule has 0 spiro atoms. The number of rotatable bonds is 4. The van der Waals surface area contributed by atoms with Gasteiger partial charge in [-0.3, -0.25) is 0 Å². The first-order valence-electron chi connectivity index (χ1n) is 8.29. The number of nitrogens with one attached hydrogen (secondary N) is 1. The molecule has 5 nitrogen and oxygen atoms in total. The van der Waals surface area contributed by atoms with E-state index in [0.717, 1.165) is 18.1 Å². The molecule has 1 aliphatic heterocycles. The molecule has 1 aromatic heterocycles. The molecule has 122 valence electrons. The average molecular weight is 320 g/mol. The van der Waals surface area contributed by atoms with Gasteiger partial charge in [0.25, 0.3) is 0 Å². The third-order valence-electron chi connectivity index (χ3n) is 4.41. The minimum absolute atomic E-state index is 0.157. The molecule has 1 N–H and O–H groups in total. The largest absolute Gasteiger partial charge is 0.494 e. The highest BCUT2D eigenvalue weighted by atomic mass is 16.5. The van der Waals surface area contributed by atoms with Crippen molar-refractivity contribution in [2.75, 3.05) is 11.9 Å². The van der Waals surface area contributed by atoms with E-state index in [2.05, 4.69) is 51.8 Å². The zero-order valence-corrected chi connectivity index (χ0v) is 13.6. The van der Waals surface area contributed by atoms with Crippen LogP contribution < -0.4 is 10.1 Å². The van der Waals surface area contributed by atoms with Crippen LogP contribution in [0.25, 0.3) is 0 Å². The summed E-state index contributed by atoms with van der Waals surface area (Å²) in [5, 5.41) is 7.90. The Bertz CT molecular complexity index is 798. The van der Waals surface area contributed by atoms with E-state index in [1.807, 2.05) is 29.8 Å². The van der Waals surface area contributed by atoms with E-state index in [0.29, 0.717) is 6.61 Å². The molecule has 1 aliphatic rings. The highest BCUT2D eigenvalue weighted by Gasteiger charge is 2.29. The molecule has 0 amide bonds. The van der Waals surface area contributed by atoms with E-state index in [-0.39, 0.29) is 12.1 Å². The number of hydrogen-bond donors (Lipinski definition) is 1. The fourth-order valence-corrected chi connectivity index (χ4v) is 3.25. The van der Waals surface area contributed by atoms with E-state index in [4.69, 9.17) is 4.74 Å². The summed E-state index contributed by atoms with van der Waals surface area (Å²) in [4.78, 5) is 4.37. The summed E-state index contributed by atoms with van der Waals surface area (Å²) in [5.41, 5.74) is 2.48. The van der Waals surface area contributed by atoms with Gasteiger partial charge in [0.05, 0.1) is 18.7 Å². The van der Waals surface area contributed by atoms with Gasteiger partial charge in [-0.1, -0.05) is 42.5 Å². The molecule has 2 heterocycles. The lowest BCUT2D eigenvalue weighted by Gasteiger charge is -2.31. The van der Waals surface area contributed by atoms with E-state index in [1.165, 1.54) is 11.1 Å². The van der Waals surface area contributed by atoms with Crippen LogP contribution in [-0.4, -0.2) is 21.4 Å². The average Bonchev–Trinajstić information content (AvgIpc) is 3.11. The Morgan fingerprint density at radius 3 is 2.62 bits per heavy atom. The lowest BCUT2D eigenvalue weighted by molar-refractivity contribution is 0.340. The van der Waals surface area contributed by atoms with Crippen LogP contribution >= 0.6 is 0 Å². The van der Waals surface area contributed by atoms with Crippen LogP contribution in [0.15, 0.2) is 60.9 Å². The maximum Gasteiger partial charge on any atom is 0.222 e. The zero-order chi connectivity index (χ0) is 16.4. The fourth-order valence-electron chi connectivity index (χ4n) is 3.25. The van der Waals surface area contributed by atoms with Crippen LogP contribution in [0.2, 0.25) is 0 Å². The molecule has 0 fully saturated rings. The molecule has 0 radical (unpaired) electrons. The second-order valence-electron chi connectivity index (χ2n) is 5.89. The van der Waals surface area contributed by atoms with Crippen molar-refractivity contribution in [1.29, 1.82) is 0 Å². The first-order chi connectivity index (χ1) is 11.8. The molecular weight excluding hydrogens is 300 g/mol. The van der Waals surface area contributed by atoms with Crippen molar-refractivity contribution in [2.24, 2.45) is 0 Å². The van der Waals surface area contributed by atoms with E-state index < -0.39 is 0 Å². The number of benzene rings is 2. The Morgan fingerprint density at radius 1 is 1.08 bits per heavy atom. The van der Waals surface area contributed by atoms with E-state index in [1.54, 1.807) is 6.33 Å².